The van der Waals surface area contributed by atoms with Crippen molar-refractivity contribution in [3.8, 4) is 17.8 Å². The van der Waals surface area contributed by atoms with Gasteiger partial charge in [-0.3, -0.25) is 0 Å². The van der Waals surface area contributed by atoms with Gasteiger partial charge in [-0.2, -0.15) is 0 Å². The van der Waals surface area contributed by atoms with Crippen LogP contribution >= 0.6 is 0 Å². The molecule has 0 aliphatic heterocycles. The fraction of sp³-hybridized carbons (Fsp3) is 0.294. The average molecular weight is 258 g/mol. The van der Waals surface area contributed by atoms with E-state index in [-0.39, 0.29) is 0 Å². The van der Waals surface area contributed by atoms with Crippen molar-refractivity contribution in [2.45, 2.75) is 34.1 Å². The third-order valence-corrected chi connectivity index (χ3v) is 2.24. The lowest BCUT2D eigenvalue weighted by Gasteiger charge is -1.99. The molecule has 2 N–H and O–H groups in total. The van der Waals surface area contributed by atoms with Gasteiger partial charge in [0.15, 0.2) is 0 Å². The number of rotatable bonds is 0. The lowest BCUT2D eigenvalue weighted by atomic mass is 10.1. The zero-order valence-electron chi connectivity index (χ0n) is 12.1. The molecule has 19 heavy (non-hydrogen) atoms. The first kappa shape index (κ1) is 16.9. The van der Waals surface area contributed by atoms with E-state index in [1.807, 2.05) is 39.0 Å². The molecule has 0 radical (unpaired) electrons. The fourth-order valence-electron chi connectivity index (χ4n) is 1.43. The number of aliphatic hydroxyl groups excluding tert-OH is 1. The van der Waals surface area contributed by atoms with Crippen LogP contribution in [0.4, 0.5) is 0 Å². The Morgan fingerprint density at radius 2 is 1.58 bits per heavy atom. The van der Waals surface area contributed by atoms with Gasteiger partial charge in [0.25, 0.3) is 0 Å². The Hall–Kier alpha value is -2.14. The van der Waals surface area contributed by atoms with E-state index < -0.39 is 0 Å². The molecular formula is C17H22O2. The average Bonchev–Trinajstić information content (AvgIpc) is 2.43. The molecule has 2 aromatic carbocycles. The van der Waals surface area contributed by atoms with Crippen molar-refractivity contribution in [2.24, 2.45) is 0 Å². The Bertz CT molecular complexity index is 507. The first-order chi connectivity index (χ1) is 9.17. The molecule has 102 valence electrons. The van der Waals surface area contributed by atoms with E-state index in [4.69, 9.17) is 5.11 Å². The van der Waals surface area contributed by atoms with Crippen LogP contribution in [0.2, 0.25) is 0 Å². The molecule has 2 aromatic rings. The number of phenolic OH excluding ortho intramolecular Hbond substituents is 1. The van der Waals surface area contributed by atoms with Crippen molar-refractivity contribution in [3.05, 3.63) is 42.0 Å². The maximum absolute atomic E-state index is 9.20. The zero-order valence-corrected chi connectivity index (χ0v) is 12.1. The van der Waals surface area contributed by atoms with Crippen LogP contribution in [-0.4, -0.2) is 10.2 Å². The van der Waals surface area contributed by atoms with Gasteiger partial charge in [0.1, 0.15) is 11.9 Å². The van der Waals surface area contributed by atoms with E-state index in [9.17, 15) is 5.11 Å². The van der Waals surface area contributed by atoms with Crippen molar-refractivity contribution >= 4 is 10.8 Å². The monoisotopic (exact) mass is 258 g/mol. The summed E-state index contributed by atoms with van der Waals surface area (Å²) in [5.41, 5.74) is 1.24. The van der Waals surface area contributed by atoms with Gasteiger partial charge in [-0.1, -0.05) is 56.5 Å². The summed E-state index contributed by atoms with van der Waals surface area (Å²) in [6.07, 6.45) is 2.50. The Morgan fingerprint density at radius 3 is 2.11 bits per heavy atom. The van der Waals surface area contributed by atoms with E-state index in [1.165, 1.54) is 10.9 Å². The second-order valence-corrected chi connectivity index (χ2v) is 3.68. The predicted octanol–water partition coefficient (Wildman–Crippen LogP) is 4.61. The molecule has 0 aliphatic rings. The molecule has 0 bridgehead atoms. The number of fused-ring (bicyclic) bond motifs is 1. The SMILES string of the molecule is CC.CCC#CO.Cc1ccc2cc(O)ccc2c1. The van der Waals surface area contributed by atoms with Gasteiger partial charge in [-0.05, 0) is 29.8 Å². The number of hydrogen-bond donors (Lipinski definition) is 2. The molecule has 0 aliphatic carbocycles. The zero-order chi connectivity index (χ0) is 14.7. The summed E-state index contributed by atoms with van der Waals surface area (Å²) in [4.78, 5) is 0. The van der Waals surface area contributed by atoms with E-state index in [1.54, 1.807) is 18.2 Å². The van der Waals surface area contributed by atoms with Crippen molar-refractivity contribution in [1.82, 2.24) is 0 Å². The summed E-state index contributed by atoms with van der Waals surface area (Å²) in [6.45, 7) is 7.94. The molecule has 0 aromatic heterocycles. The van der Waals surface area contributed by atoms with Crippen molar-refractivity contribution < 1.29 is 10.2 Å². The maximum Gasteiger partial charge on any atom is 0.116 e. The lowest BCUT2D eigenvalue weighted by molar-refractivity contribution is 0.476. The maximum atomic E-state index is 9.20. The van der Waals surface area contributed by atoms with Gasteiger partial charge in [0, 0.05) is 6.42 Å². The molecule has 2 heteroatoms. The number of hydrogen-bond acceptors (Lipinski definition) is 2. The Kier molecular flexibility index (Phi) is 8.74. The van der Waals surface area contributed by atoms with E-state index in [0.717, 1.165) is 11.8 Å². The third-order valence-electron chi connectivity index (χ3n) is 2.24. The third kappa shape index (κ3) is 6.38. The minimum absolute atomic E-state index is 0.325. The van der Waals surface area contributed by atoms with Crippen LogP contribution < -0.4 is 0 Å². The molecule has 0 saturated carbocycles. The van der Waals surface area contributed by atoms with Crippen LogP contribution in [-0.2, 0) is 0 Å². The van der Waals surface area contributed by atoms with Gasteiger partial charge in [-0.15, -0.1) is 0 Å². The highest BCUT2D eigenvalue weighted by Crippen LogP contribution is 2.20. The number of aromatic hydroxyl groups is 1. The van der Waals surface area contributed by atoms with Crippen LogP contribution in [0.15, 0.2) is 36.4 Å². The highest BCUT2D eigenvalue weighted by Gasteiger charge is 1.93. The first-order valence-corrected chi connectivity index (χ1v) is 6.48. The molecule has 2 nitrogen and oxygen atoms in total. The summed E-state index contributed by atoms with van der Waals surface area (Å²) < 4.78 is 0. The van der Waals surface area contributed by atoms with Gasteiger partial charge in [-0.25, -0.2) is 0 Å². The van der Waals surface area contributed by atoms with E-state index >= 15 is 0 Å². The number of benzene rings is 2. The van der Waals surface area contributed by atoms with E-state index in [2.05, 4.69) is 18.9 Å². The van der Waals surface area contributed by atoms with Crippen LogP contribution in [0, 0.1) is 19.0 Å². The summed E-state index contributed by atoms with van der Waals surface area (Å²) in [5.74, 6) is 2.74. The normalized spacial score (nSPS) is 8.21. The van der Waals surface area contributed by atoms with Crippen LogP contribution in [0.1, 0.15) is 32.8 Å². The van der Waals surface area contributed by atoms with Crippen molar-refractivity contribution in [2.75, 3.05) is 0 Å². The number of aryl methyl sites for hydroxylation is 1. The summed E-state index contributed by atoms with van der Waals surface area (Å²) in [7, 11) is 0. The first-order valence-electron chi connectivity index (χ1n) is 6.48. The topological polar surface area (TPSA) is 40.5 Å². The van der Waals surface area contributed by atoms with Gasteiger partial charge >= 0.3 is 0 Å². The van der Waals surface area contributed by atoms with E-state index in [0.29, 0.717) is 5.75 Å². The fourth-order valence-corrected chi connectivity index (χ4v) is 1.43. The van der Waals surface area contributed by atoms with Gasteiger partial charge in [0.2, 0.25) is 0 Å². The van der Waals surface area contributed by atoms with Crippen molar-refractivity contribution in [1.29, 1.82) is 0 Å². The molecule has 0 atom stereocenters. The van der Waals surface area contributed by atoms with Crippen LogP contribution in [0.3, 0.4) is 0 Å². The molecule has 0 fully saturated rings. The molecule has 0 heterocycles. The quantitative estimate of drug-likeness (QED) is 0.677. The molecule has 0 saturated heterocycles. The second-order valence-electron chi connectivity index (χ2n) is 3.68. The van der Waals surface area contributed by atoms with Crippen molar-refractivity contribution in [3.63, 3.8) is 0 Å². The standard InChI is InChI=1S/C11H10O.C4H6O.C2H6/c1-8-2-3-10-7-11(12)5-4-9(10)6-8;1-2-3-4-5;1-2/h2-7,12H,1H3;5H,2H2,1H3;1-2H3. The summed E-state index contributed by atoms with van der Waals surface area (Å²) in [5, 5.41) is 19.2. The Labute approximate surface area is 115 Å². The van der Waals surface area contributed by atoms with Gasteiger partial charge in [0.05, 0.1) is 0 Å². The molecular weight excluding hydrogens is 236 g/mol. The Balaban J connectivity index is 0.000000396. The van der Waals surface area contributed by atoms with Gasteiger partial charge < -0.3 is 10.2 Å². The lowest BCUT2D eigenvalue weighted by Crippen LogP contribution is -1.74. The van der Waals surface area contributed by atoms with Crippen LogP contribution in [0.5, 0.6) is 5.75 Å². The molecule has 0 spiro atoms. The predicted molar refractivity (Wildman–Crippen MR) is 81.7 cm³/mol. The largest absolute Gasteiger partial charge is 0.508 e. The summed E-state index contributed by atoms with van der Waals surface area (Å²) >= 11 is 0. The highest BCUT2D eigenvalue weighted by atomic mass is 16.3. The van der Waals surface area contributed by atoms with Crippen LogP contribution in [0.25, 0.3) is 10.8 Å². The smallest absolute Gasteiger partial charge is 0.116 e. The molecule has 0 amide bonds. The number of aliphatic hydroxyl groups is 1. The minimum atomic E-state index is 0.325. The number of phenols is 1. The molecule has 0 unspecified atom stereocenters. The Morgan fingerprint density at radius 1 is 1.00 bits per heavy atom. The second kappa shape index (κ2) is 9.85. The molecule has 2 rings (SSSR count). The summed E-state index contributed by atoms with van der Waals surface area (Å²) in [6, 6.07) is 11.6. The minimum Gasteiger partial charge on any atom is -0.508 e. The highest BCUT2D eigenvalue weighted by molar-refractivity contribution is 5.84.